The normalized spacial score (nSPS) is 17.1. The minimum atomic E-state index is -1.02. The fourth-order valence-corrected chi connectivity index (χ4v) is 3.29. The highest BCUT2D eigenvalue weighted by molar-refractivity contribution is 8.18. The minimum Gasteiger partial charge on any atom is -0.503 e. The molecule has 134 valence electrons. The largest absolute Gasteiger partial charge is 0.503 e. The topological polar surface area (TPSA) is 93.1 Å². The molecule has 1 atom stereocenters. The number of halogens is 1. The summed E-state index contributed by atoms with van der Waals surface area (Å²) >= 11 is 6.62. The molecule has 0 unspecified atom stereocenters. The number of phenols is 1. The number of carbonyl (C=O) groups excluding carboxylic acids is 3. The van der Waals surface area contributed by atoms with Crippen molar-refractivity contribution in [2.75, 3.05) is 13.7 Å². The SMILES string of the molecule is CCOC(=O)[C@@H](C)N1C(=O)S/C(=C/c2cc(Cl)c(O)c(OC)c2)C1=O. The first-order valence-corrected chi connectivity index (χ1v) is 8.49. The van der Waals surface area contributed by atoms with Crippen LogP contribution in [0.25, 0.3) is 6.08 Å². The lowest BCUT2D eigenvalue weighted by Crippen LogP contribution is -2.42. The van der Waals surface area contributed by atoms with E-state index in [0.717, 1.165) is 4.90 Å². The number of phenolic OH excluding ortho intramolecular Hbond substituents is 1. The molecule has 1 saturated heterocycles. The lowest BCUT2D eigenvalue weighted by Gasteiger charge is -2.19. The van der Waals surface area contributed by atoms with E-state index in [0.29, 0.717) is 17.3 Å². The number of ether oxygens (including phenoxy) is 2. The van der Waals surface area contributed by atoms with Gasteiger partial charge in [0.25, 0.3) is 11.1 Å². The van der Waals surface area contributed by atoms with E-state index < -0.39 is 23.2 Å². The lowest BCUT2D eigenvalue weighted by atomic mass is 10.1. The van der Waals surface area contributed by atoms with Crippen LogP contribution in [-0.2, 0) is 14.3 Å². The van der Waals surface area contributed by atoms with Crippen molar-refractivity contribution in [2.24, 2.45) is 0 Å². The molecular formula is C16H16ClNO6S. The van der Waals surface area contributed by atoms with Gasteiger partial charge < -0.3 is 14.6 Å². The summed E-state index contributed by atoms with van der Waals surface area (Å²) in [6.45, 7) is 3.22. The van der Waals surface area contributed by atoms with Crippen LogP contribution in [0.5, 0.6) is 11.5 Å². The second kappa shape index (κ2) is 7.79. The molecule has 1 aliphatic rings. The highest BCUT2D eigenvalue weighted by atomic mass is 35.5. The van der Waals surface area contributed by atoms with Crippen LogP contribution >= 0.6 is 23.4 Å². The van der Waals surface area contributed by atoms with Crippen molar-refractivity contribution in [1.29, 1.82) is 0 Å². The third-order valence-electron chi connectivity index (χ3n) is 3.41. The zero-order valence-corrected chi connectivity index (χ0v) is 15.3. The van der Waals surface area contributed by atoms with Gasteiger partial charge >= 0.3 is 5.97 Å². The van der Waals surface area contributed by atoms with Crippen LogP contribution in [-0.4, -0.2) is 46.9 Å². The Hall–Kier alpha value is -2.19. The minimum absolute atomic E-state index is 0.0460. The fraction of sp³-hybridized carbons (Fsp3) is 0.312. The van der Waals surface area contributed by atoms with Crippen molar-refractivity contribution in [2.45, 2.75) is 19.9 Å². The number of hydrogen-bond donors (Lipinski definition) is 1. The molecule has 1 fully saturated rings. The first-order valence-electron chi connectivity index (χ1n) is 7.30. The molecule has 1 aromatic carbocycles. The molecule has 7 nitrogen and oxygen atoms in total. The molecule has 9 heteroatoms. The smallest absolute Gasteiger partial charge is 0.329 e. The average Bonchev–Trinajstić information content (AvgIpc) is 2.84. The Balaban J connectivity index is 2.32. The summed E-state index contributed by atoms with van der Waals surface area (Å²) in [4.78, 5) is 37.4. The Kier molecular flexibility index (Phi) is 5.97. The fourth-order valence-electron chi connectivity index (χ4n) is 2.17. The molecule has 0 bridgehead atoms. The Labute approximate surface area is 153 Å². The number of aromatic hydroxyl groups is 1. The maximum absolute atomic E-state index is 12.5. The van der Waals surface area contributed by atoms with Crippen molar-refractivity contribution in [1.82, 2.24) is 4.90 Å². The highest BCUT2D eigenvalue weighted by Gasteiger charge is 2.41. The summed E-state index contributed by atoms with van der Waals surface area (Å²) < 4.78 is 9.85. The maximum Gasteiger partial charge on any atom is 0.329 e. The van der Waals surface area contributed by atoms with E-state index in [1.54, 1.807) is 6.92 Å². The average molecular weight is 386 g/mol. The quantitative estimate of drug-likeness (QED) is 0.615. The number of nitrogens with zero attached hydrogens (tertiary/aromatic N) is 1. The van der Waals surface area contributed by atoms with Crippen LogP contribution < -0.4 is 4.74 Å². The van der Waals surface area contributed by atoms with E-state index in [1.807, 2.05) is 0 Å². The summed E-state index contributed by atoms with van der Waals surface area (Å²) in [5.41, 5.74) is 0.467. The zero-order valence-electron chi connectivity index (χ0n) is 13.7. The van der Waals surface area contributed by atoms with Gasteiger partial charge in [-0.15, -0.1) is 0 Å². The van der Waals surface area contributed by atoms with Gasteiger partial charge in [-0.1, -0.05) is 11.6 Å². The molecule has 1 aromatic rings. The molecule has 1 heterocycles. The molecule has 1 aliphatic heterocycles. The van der Waals surface area contributed by atoms with Crippen molar-refractivity contribution in [3.63, 3.8) is 0 Å². The van der Waals surface area contributed by atoms with Gasteiger partial charge in [0.05, 0.1) is 23.6 Å². The molecule has 0 aromatic heterocycles. The van der Waals surface area contributed by atoms with Gasteiger partial charge in [0.2, 0.25) is 0 Å². The predicted molar refractivity (Wildman–Crippen MR) is 93.6 cm³/mol. The van der Waals surface area contributed by atoms with E-state index in [4.69, 9.17) is 21.1 Å². The van der Waals surface area contributed by atoms with Gasteiger partial charge in [0.15, 0.2) is 11.5 Å². The standard InChI is InChI=1S/C16H16ClNO6S/c1-4-24-15(21)8(2)18-14(20)12(25-16(18)22)7-9-5-10(17)13(19)11(6-9)23-3/h5-8,19H,4H2,1-3H3/b12-7+/t8-/m1/s1. The van der Waals surface area contributed by atoms with E-state index in [1.165, 1.54) is 32.2 Å². The number of methoxy groups -OCH3 is 1. The Morgan fingerprint density at radius 3 is 2.72 bits per heavy atom. The summed E-state index contributed by atoms with van der Waals surface area (Å²) in [6.07, 6.45) is 1.44. The number of amides is 2. The second-order valence-corrected chi connectivity index (χ2v) is 6.43. The molecule has 0 saturated carbocycles. The molecule has 2 rings (SSSR count). The first kappa shape index (κ1) is 19.1. The van der Waals surface area contributed by atoms with Gasteiger partial charge in [0, 0.05) is 0 Å². The summed E-state index contributed by atoms with van der Waals surface area (Å²) in [5, 5.41) is 9.22. The third-order valence-corrected chi connectivity index (χ3v) is 4.58. The number of benzene rings is 1. The molecule has 25 heavy (non-hydrogen) atoms. The number of imide groups is 1. The van der Waals surface area contributed by atoms with E-state index >= 15 is 0 Å². The van der Waals surface area contributed by atoms with E-state index in [2.05, 4.69) is 0 Å². The van der Waals surface area contributed by atoms with Crippen molar-refractivity contribution in [3.8, 4) is 11.5 Å². The molecule has 2 amide bonds. The number of rotatable bonds is 5. The van der Waals surface area contributed by atoms with Crippen molar-refractivity contribution in [3.05, 3.63) is 27.6 Å². The second-order valence-electron chi connectivity index (χ2n) is 5.03. The third kappa shape index (κ3) is 3.91. The number of esters is 1. The van der Waals surface area contributed by atoms with Crippen molar-refractivity contribution >= 4 is 46.6 Å². The summed E-state index contributed by atoms with van der Waals surface area (Å²) in [7, 11) is 1.37. The summed E-state index contributed by atoms with van der Waals surface area (Å²) in [6, 6.07) is 1.89. The van der Waals surface area contributed by atoms with Crippen LogP contribution in [0.3, 0.4) is 0 Å². The molecule has 0 spiro atoms. The Bertz CT molecular complexity index is 763. The highest BCUT2D eigenvalue weighted by Crippen LogP contribution is 2.38. The van der Waals surface area contributed by atoms with Crippen LogP contribution in [0, 0.1) is 0 Å². The number of hydrogen-bond acceptors (Lipinski definition) is 7. The number of carbonyl (C=O) groups is 3. The first-order chi connectivity index (χ1) is 11.8. The van der Waals surface area contributed by atoms with E-state index in [-0.39, 0.29) is 28.0 Å². The Morgan fingerprint density at radius 1 is 1.44 bits per heavy atom. The Morgan fingerprint density at radius 2 is 2.12 bits per heavy atom. The number of thioether (sulfide) groups is 1. The van der Waals surface area contributed by atoms with Gasteiger partial charge in [0.1, 0.15) is 6.04 Å². The molecular weight excluding hydrogens is 370 g/mol. The lowest BCUT2D eigenvalue weighted by molar-refractivity contribution is -0.150. The molecule has 1 N–H and O–H groups in total. The molecule has 0 radical (unpaired) electrons. The van der Waals surface area contributed by atoms with Gasteiger partial charge in [-0.25, -0.2) is 4.79 Å². The van der Waals surface area contributed by atoms with Gasteiger partial charge in [-0.3, -0.25) is 14.5 Å². The van der Waals surface area contributed by atoms with Crippen LogP contribution in [0.4, 0.5) is 4.79 Å². The van der Waals surface area contributed by atoms with Crippen LogP contribution in [0.1, 0.15) is 19.4 Å². The van der Waals surface area contributed by atoms with Crippen LogP contribution in [0.15, 0.2) is 17.0 Å². The van der Waals surface area contributed by atoms with Crippen LogP contribution in [0.2, 0.25) is 5.02 Å². The zero-order chi connectivity index (χ0) is 18.7. The summed E-state index contributed by atoms with van der Waals surface area (Å²) in [5.74, 6) is -1.33. The predicted octanol–water partition coefficient (Wildman–Crippen LogP) is 3.04. The van der Waals surface area contributed by atoms with Crippen molar-refractivity contribution < 1.29 is 29.0 Å². The monoisotopic (exact) mass is 385 g/mol. The van der Waals surface area contributed by atoms with Gasteiger partial charge in [-0.2, -0.15) is 0 Å². The molecule has 0 aliphatic carbocycles. The van der Waals surface area contributed by atoms with E-state index in [9.17, 15) is 19.5 Å². The maximum atomic E-state index is 12.5. The van der Waals surface area contributed by atoms with Gasteiger partial charge in [-0.05, 0) is 49.4 Å².